The summed E-state index contributed by atoms with van der Waals surface area (Å²) in [5.74, 6) is 0.659. The van der Waals surface area contributed by atoms with Crippen LogP contribution in [0.4, 0.5) is 0 Å². The molecule has 0 fully saturated rings. The fourth-order valence-electron chi connectivity index (χ4n) is 3.28. The summed E-state index contributed by atoms with van der Waals surface area (Å²) in [4.78, 5) is 0. The van der Waals surface area contributed by atoms with Crippen LogP contribution in [0, 0.1) is 19.8 Å². The minimum Gasteiger partial charge on any atom is -0.200 e. The first-order chi connectivity index (χ1) is 11.4. The second-order valence-electron chi connectivity index (χ2n) is 6.97. The zero-order valence-electron chi connectivity index (χ0n) is 15.8. The van der Waals surface area contributed by atoms with E-state index in [1.54, 1.807) is 0 Å². The van der Waals surface area contributed by atoms with E-state index in [4.69, 9.17) is 1.37 Å². The van der Waals surface area contributed by atoms with Gasteiger partial charge in [-0.1, -0.05) is 38.1 Å². The van der Waals surface area contributed by atoms with E-state index in [-0.39, 0.29) is 0 Å². The van der Waals surface area contributed by atoms with E-state index in [0.29, 0.717) is 12.0 Å². The number of hydrogen-bond acceptors (Lipinski definition) is 0. The quantitative estimate of drug-likeness (QED) is 0.589. The van der Waals surface area contributed by atoms with E-state index in [0.717, 1.165) is 12.0 Å². The molecule has 0 radical (unpaired) electrons. The predicted molar refractivity (Wildman–Crippen MR) is 98.6 cm³/mol. The van der Waals surface area contributed by atoms with Gasteiger partial charge in [-0.15, -0.1) is 0 Å². The Kier molecular flexibility index (Phi) is 3.87. The van der Waals surface area contributed by atoms with E-state index in [9.17, 15) is 0 Å². The van der Waals surface area contributed by atoms with Gasteiger partial charge < -0.3 is 0 Å². The van der Waals surface area contributed by atoms with Gasteiger partial charge in [0.2, 0.25) is 5.69 Å². The van der Waals surface area contributed by atoms with Crippen LogP contribution in [0.1, 0.15) is 31.9 Å². The SMILES string of the molecule is [2H]c1cc(C)c(C)c(-c2c3ccc(CC(C)C)cc3cc[n+]2C)c1. The maximum absolute atomic E-state index is 8.10. The molecule has 0 spiro atoms. The van der Waals surface area contributed by atoms with Crippen molar-refractivity contribution in [2.45, 2.75) is 34.1 Å². The van der Waals surface area contributed by atoms with Gasteiger partial charge in [-0.2, -0.15) is 0 Å². The van der Waals surface area contributed by atoms with Gasteiger partial charge in [0, 0.05) is 11.6 Å². The molecule has 2 aromatic carbocycles. The van der Waals surface area contributed by atoms with Gasteiger partial charge >= 0.3 is 0 Å². The Labute approximate surface area is 141 Å². The highest BCUT2D eigenvalue weighted by Gasteiger charge is 2.17. The number of hydrogen-bond donors (Lipinski definition) is 0. The predicted octanol–water partition coefficient (Wildman–Crippen LogP) is 5.15. The van der Waals surface area contributed by atoms with Crippen LogP contribution in [0.3, 0.4) is 0 Å². The summed E-state index contributed by atoms with van der Waals surface area (Å²) in [6.45, 7) is 8.75. The van der Waals surface area contributed by atoms with Crippen molar-refractivity contribution >= 4 is 10.8 Å². The molecule has 0 N–H and O–H groups in total. The van der Waals surface area contributed by atoms with E-state index >= 15 is 0 Å². The van der Waals surface area contributed by atoms with Crippen LogP contribution in [-0.4, -0.2) is 0 Å². The summed E-state index contributed by atoms with van der Waals surface area (Å²) in [5, 5.41) is 2.52. The van der Waals surface area contributed by atoms with Crippen LogP contribution in [0.2, 0.25) is 0 Å². The molecule has 0 amide bonds. The molecule has 0 aliphatic rings. The van der Waals surface area contributed by atoms with Crippen molar-refractivity contribution in [2.75, 3.05) is 0 Å². The van der Waals surface area contributed by atoms with Gasteiger partial charge in [0.25, 0.3) is 0 Å². The smallest absolute Gasteiger partial charge is 0.200 e. The first-order valence-corrected chi connectivity index (χ1v) is 8.36. The topological polar surface area (TPSA) is 3.88 Å². The molecule has 0 atom stereocenters. The zero-order chi connectivity index (χ0) is 17.4. The van der Waals surface area contributed by atoms with Gasteiger partial charge in [0.1, 0.15) is 7.05 Å². The molecule has 0 bridgehead atoms. The normalized spacial score (nSPS) is 12.0. The second-order valence-corrected chi connectivity index (χ2v) is 6.97. The Bertz CT molecular complexity index is 909. The van der Waals surface area contributed by atoms with E-state index in [1.807, 2.05) is 12.1 Å². The summed E-state index contributed by atoms with van der Waals surface area (Å²) >= 11 is 0. The monoisotopic (exact) mass is 305 g/mol. The van der Waals surface area contributed by atoms with Crippen molar-refractivity contribution in [1.29, 1.82) is 0 Å². The maximum Gasteiger partial charge on any atom is 0.220 e. The summed E-state index contributed by atoms with van der Waals surface area (Å²) in [6.07, 6.45) is 3.23. The zero-order valence-corrected chi connectivity index (χ0v) is 14.8. The van der Waals surface area contributed by atoms with Crippen molar-refractivity contribution < 1.29 is 5.94 Å². The van der Waals surface area contributed by atoms with Crippen molar-refractivity contribution in [2.24, 2.45) is 13.0 Å². The maximum atomic E-state index is 8.10. The van der Waals surface area contributed by atoms with Crippen LogP contribution in [0.25, 0.3) is 22.0 Å². The third kappa shape index (κ3) is 3.01. The van der Waals surface area contributed by atoms with Gasteiger partial charge in [-0.25, -0.2) is 4.57 Å². The molecular formula is C22H26N+. The molecule has 0 aliphatic carbocycles. The van der Waals surface area contributed by atoms with Crippen LogP contribution < -0.4 is 4.57 Å². The van der Waals surface area contributed by atoms with Gasteiger partial charge in [0.15, 0.2) is 6.20 Å². The third-order valence-corrected chi connectivity index (χ3v) is 4.62. The van der Waals surface area contributed by atoms with Crippen molar-refractivity contribution in [3.05, 3.63) is 65.3 Å². The number of fused-ring (bicyclic) bond motifs is 1. The Morgan fingerprint density at radius 2 is 1.87 bits per heavy atom. The fraction of sp³-hybridized carbons (Fsp3) is 0.318. The van der Waals surface area contributed by atoms with Crippen LogP contribution in [0.5, 0.6) is 0 Å². The van der Waals surface area contributed by atoms with Crippen molar-refractivity contribution in [1.82, 2.24) is 0 Å². The number of benzene rings is 2. The standard InChI is InChI=1S/C22H26N/c1-15(2)13-18-9-10-21-19(14-18)11-12-23(5)22(21)20-8-6-7-16(3)17(20)4/h6-12,14-15H,13H2,1-5H3/q+1/i6D. The molecule has 3 rings (SSSR count). The summed E-state index contributed by atoms with van der Waals surface area (Å²) < 4.78 is 10.3. The molecule has 0 unspecified atom stereocenters. The van der Waals surface area contributed by atoms with Crippen molar-refractivity contribution in [3.8, 4) is 11.3 Å². The first-order valence-electron chi connectivity index (χ1n) is 8.86. The second kappa shape index (κ2) is 6.16. The largest absolute Gasteiger partial charge is 0.220 e. The molecule has 0 saturated heterocycles. The van der Waals surface area contributed by atoms with Crippen LogP contribution in [-0.2, 0) is 13.5 Å². The summed E-state index contributed by atoms with van der Waals surface area (Å²) in [7, 11) is 2.09. The van der Waals surface area contributed by atoms with E-state index < -0.39 is 0 Å². The highest BCUT2D eigenvalue weighted by molar-refractivity contribution is 5.94. The number of aromatic nitrogens is 1. The van der Waals surface area contributed by atoms with E-state index in [2.05, 4.69) is 69.8 Å². The molecule has 1 heterocycles. The molecule has 23 heavy (non-hydrogen) atoms. The lowest BCUT2D eigenvalue weighted by Crippen LogP contribution is -2.30. The highest BCUT2D eigenvalue weighted by atomic mass is 14.9. The average Bonchev–Trinajstić information content (AvgIpc) is 2.51. The third-order valence-electron chi connectivity index (χ3n) is 4.62. The molecule has 3 aromatic rings. The van der Waals surface area contributed by atoms with Gasteiger partial charge in [0.05, 0.1) is 6.76 Å². The number of rotatable bonds is 3. The van der Waals surface area contributed by atoms with Gasteiger partial charge in [-0.3, -0.25) is 0 Å². The minimum atomic E-state index is 0.571. The lowest BCUT2D eigenvalue weighted by Gasteiger charge is -2.11. The Hall–Kier alpha value is -2.15. The molecule has 0 saturated carbocycles. The number of aryl methyl sites for hydroxylation is 2. The van der Waals surface area contributed by atoms with Crippen molar-refractivity contribution in [3.63, 3.8) is 0 Å². The van der Waals surface area contributed by atoms with Gasteiger partial charge in [-0.05, 0) is 60.4 Å². The average molecular weight is 305 g/mol. The summed E-state index contributed by atoms with van der Waals surface area (Å²) in [6, 6.07) is 13.5. The molecular weight excluding hydrogens is 278 g/mol. The molecule has 1 heteroatoms. The molecule has 0 aliphatic heterocycles. The Morgan fingerprint density at radius 3 is 2.61 bits per heavy atom. The minimum absolute atomic E-state index is 0.571. The fourth-order valence-corrected chi connectivity index (χ4v) is 3.28. The Balaban J connectivity index is 2.26. The molecule has 1 aromatic heterocycles. The Morgan fingerprint density at radius 1 is 1.09 bits per heavy atom. The molecule has 1 nitrogen and oxygen atoms in total. The van der Waals surface area contributed by atoms with Crippen LogP contribution in [0.15, 0.2) is 48.6 Å². The lowest BCUT2D eigenvalue weighted by atomic mass is 9.94. The molecule has 118 valence electrons. The number of pyridine rings is 1. The highest BCUT2D eigenvalue weighted by Crippen LogP contribution is 2.30. The summed E-state index contributed by atoms with van der Waals surface area (Å²) in [5.41, 5.74) is 6.16. The number of nitrogens with zero attached hydrogens (tertiary/aromatic N) is 1. The lowest BCUT2D eigenvalue weighted by molar-refractivity contribution is -0.659. The van der Waals surface area contributed by atoms with Crippen LogP contribution >= 0.6 is 0 Å². The van der Waals surface area contributed by atoms with E-state index in [1.165, 1.54) is 33.2 Å². The first kappa shape index (κ1) is 14.4.